The summed E-state index contributed by atoms with van der Waals surface area (Å²) in [6.07, 6.45) is 49.9. The van der Waals surface area contributed by atoms with Crippen LogP contribution < -0.4 is 0 Å². The van der Waals surface area contributed by atoms with Crippen LogP contribution in [0.25, 0.3) is 0 Å². The summed E-state index contributed by atoms with van der Waals surface area (Å²) in [7, 11) is 0. The number of hydrogen-bond acceptors (Lipinski definition) is 2. The van der Waals surface area contributed by atoms with Gasteiger partial charge in [-0.25, -0.2) is 0 Å². The molecule has 4 saturated carbocycles. The van der Waals surface area contributed by atoms with Gasteiger partial charge < -0.3 is 9.80 Å². The van der Waals surface area contributed by atoms with E-state index in [-0.39, 0.29) is 17.0 Å². The topological polar surface area (TPSA) is 6.48 Å². The van der Waals surface area contributed by atoms with Crippen molar-refractivity contribution in [3.63, 3.8) is 0 Å². The van der Waals surface area contributed by atoms with Gasteiger partial charge in [-0.15, -0.1) is 17.0 Å². The van der Waals surface area contributed by atoms with Gasteiger partial charge in [-0.2, -0.15) is 0 Å². The summed E-state index contributed by atoms with van der Waals surface area (Å²) >= 11 is 0. The van der Waals surface area contributed by atoms with Gasteiger partial charge in [0.1, 0.15) is 6.17 Å². The number of hydrogen-bond donors (Lipinski definition) is 0. The van der Waals surface area contributed by atoms with Gasteiger partial charge >= 0.3 is 0 Å². The fourth-order valence-electron chi connectivity index (χ4n) is 10.4. The molecule has 1 heterocycles. The zero-order chi connectivity index (χ0) is 30.0. The second-order valence-electron chi connectivity index (χ2n) is 16.2. The maximum atomic E-state index is 2.87. The van der Waals surface area contributed by atoms with Crippen LogP contribution in [0.4, 0.5) is 0 Å². The molecule has 5 rings (SSSR count). The first kappa shape index (κ1) is 38.3. The zero-order valence-corrected chi connectivity index (χ0v) is 31.6. The van der Waals surface area contributed by atoms with E-state index in [1.54, 1.807) is 19.3 Å². The maximum Gasteiger partial charge on any atom is 0.106 e. The third-order valence-electron chi connectivity index (χ3n) is 12.3. The van der Waals surface area contributed by atoms with Crippen LogP contribution in [-0.4, -0.2) is 29.1 Å². The minimum Gasteiger partial charge on any atom is -0.356 e. The van der Waals surface area contributed by atoms with Gasteiger partial charge in [0.2, 0.25) is 0 Å². The van der Waals surface area contributed by atoms with Gasteiger partial charge in [0.25, 0.3) is 0 Å². The molecule has 4 fully saturated rings. The number of unbranched alkanes of at least 4 members (excludes halogenated alkanes) is 22. The summed E-state index contributed by atoms with van der Waals surface area (Å²) in [6, 6.07) is 0. The summed E-state index contributed by atoms with van der Waals surface area (Å²) < 4.78 is 0. The van der Waals surface area contributed by atoms with Crippen molar-refractivity contribution in [2.75, 3.05) is 13.1 Å². The Morgan fingerprint density at radius 3 is 1.00 bits per heavy atom. The van der Waals surface area contributed by atoms with Crippen LogP contribution in [0.15, 0.2) is 12.4 Å². The molecular formula is C41H77BrN2. The summed E-state index contributed by atoms with van der Waals surface area (Å²) in [5.74, 6) is 3.15. The minimum absolute atomic E-state index is 0. The first-order valence-electron chi connectivity index (χ1n) is 20.4. The molecule has 0 aromatic heterocycles. The fraction of sp³-hybridized carbons (Fsp3) is 0.951. The van der Waals surface area contributed by atoms with E-state index in [0.717, 1.165) is 17.8 Å². The first-order chi connectivity index (χ1) is 21.2. The number of halogens is 1. The first-order valence-corrected chi connectivity index (χ1v) is 20.4. The van der Waals surface area contributed by atoms with E-state index in [2.05, 4.69) is 36.0 Å². The van der Waals surface area contributed by atoms with Crippen molar-refractivity contribution >= 4 is 17.0 Å². The van der Waals surface area contributed by atoms with Gasteiger partial charge in [-0.3, -0.25) is 0 Å². The van der Waals surface area contributed by atoms with Crippen LogP contribution in [0.5, 0.6) is 0 Å². The van der Waals surface area contributed by atoms with Crippen LogP contribution in [-0.2, 0) is 0 Å². The van der Waals surface area contributed by atoms with Gasteiger partial charge in [-0.05, 0) is 69.1 Å². The van der Waals surface area contributed by atoms with Crippen LogP contribution in [0.1, 0.15) is 206 Å². The fourth-order valence-corrected chi connectivity index (χ4v) is 10.4. The van der Waals surface area contributed by atoms with Crippen molar-refractivity contribution < 1.29 is 0 Å². The molecule has 0 unspecified atom stereocenters. The van der Waals surface area contributed by atoms with Crippen LogP contribution in [0.3, 0.4) is 0 Å². The van der Waals surface area contributed by atoms with Gasteiger partial charge in [-0.1, -0.05) is 155 Å². The largest absolute Gasteiger partial charge is 0.356 e. The molecule has 5 aliphatic rings. The molecule has 258 valence electrons. The maximum absolute atomic E-state index is 2.87. The van der Waals surface area contributed by atoms with Crippen molar-refractivity contribution in [3.8, 4) is 0 Å². The van der Waals surface area contributed by atoms with E-state index in [1.165, 1.54) is 186 Å². The molecule has 0 aromatic rings. The van der Waals surface area contributed by atoms with E-state index >= 15 is 0 Å². The van der Waals surface area contributed by atoms with E-state index in [1.807, 2.05) is 0 Å². The number of nitrogens with zero attached hydrogens (tertiary/aromatic N) is 2. The standard InChI is InChI=1S/C41H76N2.BrH/c1-3-5-7-9-11-13-15-17-19-21-23-25-27-42-29-30-43(28-26-24-22-20-18-16-14-12-10-8-6-4-2)40(42)41-34-37-31-38(35-41)33-39(32-37)36-41;/h29-30,37-40H,3-28,31-36H2,1-2H3;1H. The van der Waals surface area contributed by atoms with Crippen molar-refractivity contribution in [2.45, 2.75) is 213 Å². The molecule has 0 amide bonds. The van der Waals surface area contributed by atoms with Gasteiger partial charge in [0.05, 0.1) is 0 Å². The predicted molar refractivity (Wildman–Crippen MR) is 199 cm³/mol. The molecule has 2 nitrogen and oxygen atoms in total. The molecule has 0 spiro atoms. The third-order valence-corrected chi connectivity index (χ3v) is 12.3. The van der Waals surface area contributed by atoms with E-state index in [0.29, 0.717) is 11.6 Å². The van der Waals surface area contributed by atoms with E-state index < -0.39 is 0 Å². The predicted octanol–water partition coefficient (Wildman–Crippen LogP) is 13.6. The SMILES string of the molecule is Br.CCCCCCCCCCCCCCN1C=CN(CCCCCCCCCCCCCC)C1C12CC3CC(CC(C3)C1)C2. The zero-order valence-electron chi connectivity index (χ0n) is 29.9. The Balaban J connectivity index is 0.00000529. The van der Waals surface area contributed by atoms with Gasteiger partial charge in [0.15, 0.2) is 0 Å². The van der Waals surface area contributed by atoms with Crippen molar-refractivity contribution in [1.82, 2.24) is 9.80 Å². The smallest absolute Gasteiger partial charge is 0.106 e. The normalized spacial score (nSPS) is 25.8. The van der Waals surface area contributed by atoms with Crippen LogP contribution in [0.2, 0.25) is 0 Å². The number of rotatable bonds is 27. The molecule has 0 N–H and O–H groups in total. The molecule has 0 radical (unpaired) electrons. The lowest BCUT2D eigenvalue weighted by Gasteiger charge is -2.61. The van der Waals surface area contributed by atoms with Crippen molar-refractivity contribution in [2.24, 2.45) is 23.2 Å². The highest BCUT2D eigenvalue weighted by molar-refractivity contribution is 8.93. The quantitative estimate of drug-likeness (QED) is 0.0799. The van der Waals surface area contributed by atoms with Crippen LogP contribution in [0, 0.1) is 23.2 Å². The molecule has 44 heavy (non-hydrogen) atoms. The second kappa shape index (κ2) is 22.4. The lowest BCUT2D eigenvalue weighted by molar-refractivity contribution is -0.122. The monoisotopic (exact) mass is 677 g/mol. The van der Waals surface area contributed by atoms with E-state index in [9.17, 15) is 0 Å². The lowest BCUT2D eigenvalue weighted by Crippen LogP contribution is -2.59. The molecule has 1 aliphatic heterocycles. The van der Waals surface area contributed by atoms with Crippen molar-refractivity contribution in [3.05, 3.63) is 12.4 Å². The minimum atomic E-state index is 0. The second-order valence-corrected chi connectivity index (χ2v) is 16.2. The average molecular weight is 678 g/mol. The molecule has 4 aliphatic carbocycles. The van der Waals surface area contributed by atoms with Gasteiger partial charge in [0, 0.05) is 30.9 Å². The highest BCUT2D eigenvalue weighted by Crippen LogP contribution is 2.62. The summed E-state index contributed by atoms with van der Waals surface area (Å²) in [5, 5.41) is 0. The average Bonchev–Trinajstić information content (AvgIpc) is 3.41. The molecule has 3 heteroatoms. The Kier molecular flexibility index (Phi) is 19.5. The molecule has 0 saturated heterocycles. The molecule has 4 bridgehead atoms. The highest BCUT2D eigenvalue weighted by atomic mass is 79.9. The Hall–Kier alpha value is -0.180. The Bertz CT molecular complexity index is 661. The third kappa shape index (κ3) is 12.8. The van der Waals surface area contributed by atoms with Crippen LogP contribution >= 0.6 is 17.0 Å². The summed E-state index contributed by atoms with van der Waals surface area (Å²) in [4.78, 5) is 5.73. The van der Waals surface area contributed by atoms with Crippen molar-refractivity contribution in [1.29, 1.82) is 0 Å². The molecule has 0 aromatic carbocycles. The molecular weight excluding hydrogens is 600 g/mol. The Morgan fingerprint density at radius 1 is 0.432 bits per heavy atom. The summed E-state index contributed by atoms with van der Waals surface area (Å²) in [6.45, 7) is 7.24. The lowest BCUT2D eigenvalue weighted by atomic mass is 9.48. The Morgan fingerprint density at radius 2 is 0.705 bits per heavy atom. The highest BCUT2D eigenvalue weighted by Gasteiger charge is 2.57. The molecule has 0 atom stereocenters. The Labute approximate surface area is 287 Å². The van der Waals surface area contributed by atoms with E-state index in [4.69, 9.17) is 0 Å². The summed E-state index contributed by atoms with van der Waals surface area (Å²) in [5.41, 5.74) is 0.590.